The molecule has 32 heavy (non-hydrogen) atoms. The molecule has 0 radical (unpaired) electrons. The van der Waals surface area contributed by atoms with Crippen LogP contribution in [0.4, 0.5) is 5.69 Å². The van der Waals surface area contributed by atoms with Crippen LogP contribution in [-0.4, -0.2) is 51.9 Å². The molecule has 2 unspecified atom stereocenters. The van der Waals surface area contributed by atoms with Crippen LogP contribution in [0.5, 0.6) is 5.75 Å². The van der Waals surface area contributed by atoms with E-state index in [0.717, 1.165) is 0 Å². The number of aliphatic hydroxyl groups is 2. The first-order valence-electron chi connectivity index (χ1n) is 11.2. The summed E-state index contributed by atoms with van der Waals surface area (Å²) in [4.78, 5) is 22.2. The highest BCUT2D eigenvalue weighted by Gasteiger charge is 2.42. The minimum Gasteiger partial charge on any atom is -0.479 e. The van der Waals surface area contributed by atoms with Crippen LogP contribution in [0.25, 0.3) is 0 Å². The zero-order chi connectivity index (χ0) is 25.3. The highest BCUT2D eigenvalue weighted by molar-refractivity contribution is 5.73. The van der Waals surface area contributed by atoms with Crippen molar-refractivity contribution in [3.63, 3.8) is 0 Å². The molecule has 1 heterocycles. The fourth-order valence-electron chi connectivity index (χ4n) is 2.32. The predicted octanol–water partition coefficient (Wildman–Crippen LogP) is 3.49. The Morgan fingerprint density at radius 1 is 1.12 bits per heavy atom. The number of anilines is 1. The molecule has 0 bridgehead atoms. The first kappa shape index (κ1) is 31.8. The highest BCUT2D eigenvalue weighted by Crippen LogP contribution is 2.28. The molecule has 0 aromatic heterocycles. The second-order valence-corrected chi connectivity index (χ2v) is 6.33. The highest BCUT2D eigenvalue weighted by atomic mass is 16.7. The molecular formula is C23H41NO8. The molecule has 1 aliphatic rings. The number of nitrogens with two attached hydrogens (primary N) is 1. The zero-order valence-corrected chi connectivity index (χ0v) is 20.3. The standard InChI is InChI=1S/C16H21NO8.C3H8.2C2H6/c1-2-12(19)23-7-8-3-4-11(9(17)5-8)24-13-6-10(18)14(20)15(25-13)16(21)22;1-3-2;2*1-2/h3-5,10,13-15,18,20H,2,6-7,17H2,1H3,(H,21,22);3H2,1-2H3;2*1-2H3/t10?,13-,14-,15?;;;/m0.../s1. The molecule has 1 fully saturated rings. The van der Waals surface area contributed by atoms with E-state index in [4.69, 9.17) is 25.1 Å². The number of nitrogen functional groups attached to an aromatic ring is 1. The van der Waals surface area contributed by atoms with Gasteiger partial charge < -0.3 is 35.3 Å². The third kappa shape index (κ3) is 11.3. The summed E-state index contributed by atoms with van der Waals surface area (Å²) in [7, 11) is 0. The van der Waals surface area contributed by atoms with E-state index in [1.165, 1.54) is 12.5 Å². The lowest BCUT2D eigenvalue weighted by molar-refractivity contribution is -0.228. The second-order valence-electron chi connectivity index (χ2n) is 6.33. The monoisotopic (exact) mass is 459 g/mol. The number of aliphatic hydroxyl groups excluding tert-OH is 2. The third-order valence-electron chi connectivity index (χ3n) is 3.70. The molecule has 5 N–H and O–H groups in total. The topological polar surface area (TPSA) is 149 Å². The quantitative estimate of drug-likeness (QED) is 0.370. The van der Waals surface area contributed by atoms with Crippen LogP contribution < -0.4 is 10.5 Å². The predicted molar refractivity (Wildman–Crippen MR) is 123 cm³/mol. The van der Waals surface area contributed by atoms with Gasteiger partial charge in [-0.25, -0.2) is 4.79 Å². The Morgan fingerprint density at radius 2 is 1.69 bits per heavy atom. The maximum Gasteiger partial charge on any atom is 0.335 e. The number of carbonyl (C=O) groups is 2. The van der Waals surface area contributed by atoms with E-state index in [9.17, 15) is 19.8 Å². The minimum absolute atomic E-state index is 0.0725. The Bertz CT molecular complexity index is 653. The molecule has 0 spiro atoms. The lowest BCUT2D eigenvalue weighted by atomic mass is 10.0. The van der Waals surface area contributed by atoms with Crippen molar-refractivity contribution >= 4 is 17.6 Å². The van der Waals surface area contributed by atoms with E-state index in [0.29, 0.717) is 5.56 Å². The molecule has 1 aromatic rings. The molecule has 0 saturated carbocycles. The van der Waals surface area contributed by atoms with Gasteiger partial charge in [0, 0.05) is 12.8 Å². The lowest BCUT2D eigenvalue weighted by Gasteiger charge is -2.34. The maximum absolute atomic E-state index is 11.2. The van der Waals surface area contributed by atoms with Crippen molar-refractivity contribution in [3.8, 4) is 5.75 Å². The van der Waals surface area contributed by atoms with Gasteiger partial charge in [0.1, 0.15) is 18.5 Å². The van der Waals surface area contributed by atoms with Crippen LogP contribution in [0.1, 0.15) is 73.3 Å². The van der Waals surface area contributed by atoms with Gasteiger partial charge in [-0.05, 0) is 17.7 Å². The van der Waals surface area contributed by atoms with Gasteiger partial charge in [-0.1, -0.05) is 61.0 Å². The number of esters is 1. The van der Waals surface area contributed by atoms with Crippen molar-refractivity contribution < 1.29 is 39.1 Å². The molecule has 1 saturated heterocycles. The molecule has 0 aliphatic carbocycles. The summed E-state index contributed by atoms with van der Waals surface area (Å²) >= 11 is 0. The van der Waals surface area contributed by atoms with E-state index >= 15 is 0 Å². The molecule has 0 amide bonds. The lowest BCUT2D eigenvalue weighted by Crippen LogP contribution is -2.53. The minimum atomic E-state index is -1.59. The summed E-state index contributed by atoms with van der Waals surface area (Å²) in [5.74, 6) is -1.51. The van der Waals surface area contributed by atoms with Crippen molar-refractivity contribution in [1.29, 1.82) is 0 Å². The van der Waals surface area contributed by atoms with Crippen molar-refractivity contribution in [1.82, 2.24) is 0 Å². The van der Waals surface area contributed by atoms with Gasteiger partial charge in [0.15, 0.2) is 6.10 Å². The third-order valence-corrected chi connectivity index (χ3v) is 3.70. The van der Waals surface area contributed by atoms with Gasteiger partial charge in [0.25, 0.3) is 0 Å². The van der Waals surface area contributed by atoms with Gasteiger partial charge in [-0.15, -0.1) is 0 Å². The van der Waals surface area contributed by atoms with Gasteiger partial charge in [0.05, 0.1) is 11.8 Å². The fourth-order valence-corrected chi connectivity index (χ4v) is 2.32. The van der Waals surface area contributed by atoms with Crippen LogP contribution in [0.3, 0.4) is 0 Å². The molecule has 1 aliphatic heterocycles. The Kier molecular flexibility index (Phi) is 18.1. The normalized spacial score (nSPS) is 21.3. The van der Waals surface area contributed by atoms with Crippen LogP contribution in [0, 0.1) is 0 Å². The molecule has 2 rings (SSSR count). The number of rotatable bonds is 6. The van der Waals surface area contributed by atoms with E-state index in [1.54, 1.807) is 19.1 Å². The molecule has 186 valence electrons. The number of ether oxygens (including phenoxy) is 3. The SMILES string of the molecule is CC.CC.CCC.CCC(=O)OCc1ccc(O[C@@H]2CC(O)[C@H](O)C(C(=O)O)O2)c(N)c1. The van der Waals surface area contributed by atoms with Crippen molar-refractivity contribution in [3.05, 3.63) is 23.8 Å². The number of benzene rings is 1. The summed E-state index contributed by atoms with van der Waals surface area (Å²) in [6.45, 7) is 14.0. The van der Waals surface area contributed by atoms with Crippen molar-refractivity contribution in [2.45, 2.75) is 98.9 Å². The number of aliphatic carboxylic acids is 1. The zero-order valence-electron chi connectivity index (χ0n) is 20.3. The average Bonchev–Trinajstić information content (AvgIpc) is 2.79. The van der Waals surface area contributed by atoms with Crippen molar-refractivity contribution in [2.75, 3.05) is 5.73 Å². The molecule has 9 nitrogen and oxygen atoms in total. The molecule has 9 heteroatoms. The number of hydrogen-bond donors (Lipinski definition) is 4. The smallest absolute Gasteiger partial charge is 0.335 e. The van der Waals surface area contributed by atoms with E-state index in [1.807, 2.05) is 27.7 Å². The maximum atomic E-state index is 11.2. The van der Waals surface area contributed by atoms with Gasteiger partial charge >= 0.3 is 11.9 Å². The van der Waals surface area contributed by atoms with Gasteiger partial charge in [-0.3, -0.25) is 4.79 Å². The number of hydrogen-bond acceptors (Lipinski definition) is 8. The van der Waals surface area contributed by atoms with E-state index in [2.05, 4.69) is 13.8 Å². The molecular weight excluding hydrogens is 418 g/mol. The summed E-state index contributed by atoms with van der Waals surface area (Å²) < 4.78 is 15.7. The summed E-state index contributed by atoms with van der Waals surface area (Å²) in [5, 5.41) is 28.4. The average molecular weight is 460 g/mol. The van der Waals surface area contributed by atoms with Crippen LogP contribution in [0.2, 0.25) is 0 Å². The second kappa shape index (κ2) is 18.2. The van der Waals surface area contributed by atoms with Gasteiger partial charge in [0.2, 0.25) is 6.29 Å². The Morgan fingerprint density at radius 3 is 2.16 bits per heavy atom. The first-order chi connectivity index (χ1) is 15.2. The Labute approximate surface area is 191 Å². The number of carboxylic acid groups (broad SMARTS) is 1. The summed E-state index contributed by atoms with van der Waals surface area (Å²) in [5.41, 5.74) is 6.78. The van der Waals surface area contributed by atoms with Crippen LogP contribution >= 0.6 is 0 Å². The van der Waals surface area contributed by atoms with Crippen LogP contribution in [-0.2, 0) is 25.7 Å². The number of carboxylic acids is 1. The Balaban J connectivity index is 0. The number of carbonyl (C=O) groups excluding carboxylic acids is 1. The summed E-state index contributed by atoms with van der Waals surface area (Å²) in [6, 6.07) is 4.72. The molecule has 4 atom stereocenters. The van der Waals surface area contributed by atoms with E-state index in [-0.39, 0.29) is 36.9 Å². The Hall–Kier alpha value is -2.36. The van der Waals surface area contributed by atoms with Gasteiger partial charge in [-0.2, -0.15) is 0 Å². The van der Waals surface area contributed by atoms with Crippen molar-refractivity contribution in [2.24, 2.45) is 0 Å². The largest absolute Gasteiger partial charge is 0.479 e. The fraction of sp³-hybridized carbons (Fsp3) is 0.652. The summed E-state index contributed by atoms with van der Waals surface area (Å²) in [6.07, 6.45) is -4.10. The molecule has 1 aromatic carbocycles. The van der Waals surface area contributed by atoms with E-state index < -0.39 is 30.6 Å². The van der Waals surface area contributed by atoms with Crippen LogP contribution in [0.15, 0.2) is 18.2 Å². The first-order valence-corrected chi connectivity index (χ1v) is 11.2.